The predicted molar refractivity (Wildman–Crippen MR) is 116 cm³/mol. The maximum atomic E-state index is 11.8. The quantitative estimate of drug-likeness (QED) is 0.482. The monoisotopic (exact) mass is 400 g/mol. The Morgan fingerprint density at radius 1 is 1.18 bits per heavy atom. The summed E-state index contributed by atoms with van der Waals surface area (Å²) in [6.07, 6.45) is 5.60. The van der Waals surface area contributed by atoms with E-state index < -0.39 is 13.7 Å². The van der Waals surface area contributed by atoms with Crippen molar-refractivity contribution in [3.05, 3.63) is 41.9 Å². The van der Waals surface area contributed by atoms with E-state index in [2.05, 4.69) is 43.8 Å². The third kappa shape index (κ3) is 5.26. The highest BCUT2D eigenvalue weighted by molar-refractivity contribution is 6.74. The minimum atomic E-state index is -1.85. The summed E-state index contributed by atoms with van der Waals surface area (Å²) in [5.74, 6) is 0.422. The predicted octanol–water partition coefficient (Wildman–Crippen LogP) is 5.36. The molecule has 1 aromatic heterocycles. The van der Waals surface area contributed by atoms with Gasteiger partial charge in [0.25, 0.3) is 0 Å². The fourth-order valence-corrected chi connectivity index (χ4v) is 3.27. The maximum absolute atomic E-state index is 11.8. The summed E-state index contributed by atoms with van der Waals surface area (Å²) in [5, 5.41) is 1.12. The Morgan fingerprint density at radius 3 is 2.46 bits per heavy atom. The van der Waals surface area contributed by atoms with Crippen LogP contribution in [0.15, 0.2) is 30.5 Å². The Balaban J connectivity index is 2.22. The largest absolute Gasteiger partial charge is 0.468 e. The van der Waals surface area contributed by atoms with Crippen molar-refractivity contribution in [3.63, 3.8) is 0 Å². The number of hydrogen-bond donors (Lipinski definition) is 0. The van der Waals surface area contributed by atoms with Crippen LogP contribution in [-0.4, -0.2) is 31.4 Å². The molecular formula is C22H32N2O3Si. The van der Waals surface area contributed by atoms with Gasteiger partial charge in [-0.05, 0) is 43.6 Å². The standard InChI is InChI=1S/C22H32N2O3Si/c1-21(2,3)28(7,8)27-15-19-23-14-17-10-9-16(13-18(17)24-19)11-12-22(4,5)20(25)26-6/h9-14H,15H2,1-8H3. The Bertz CT molecular complexity index is 883. The van der Waals surface area contributed by atoms with E-state index in [0.717, 1.165) is 16.5 Å². The van der Waals surface area contributed by atoms with Crippen molar-refractivity contribution in [3.8, 4) is 0 Å². The molecule has 0 aliphatic heterocycles. The Labute approximate surface area is 169 Å². The van der Waals surface area contributed by atoms with E-state index in [1.807, 2.05) is 50.4 Å². The van der Waals surface area contributed by atoms with E-state index in [0.29, 0.717) is 12.4 Å². The molecule has 0 atom stereocenters. The van der Waals surface area contributed by atoms with Crippen LogP contribution in [0, 0.1) is 5.41 Å². The van der Waals surface area contributed by atoms with Crippen LogP contribution in [0.4, 0.5) is 0 Å². The van der Waals surface area contributed by atoms with Crippen LogP contribution in [0.2, 0.25) is 18.1 Å². The van der Waals surface area contributed by atoms with Crippen LogP contribution in [-0.2, 0) is 20.6 Å². The molecule has 0 fully saturated rings. The fourth-order valence-electron chi connectivity index (χ4n) is 2.35. The number of carbonyl (C=O) groups excluding carboxylic acids is 1. The van der Waals surface area contributed by atoms with Crippen molar-refractivity contribution >= 4 is 31.3 Å². The summed E-state index contributed by atoms with van der Waals surface area (Å²) in [5.41, 5.74) is 1.15. The van der Waals surface area contributed by atoms with E-state index in [-0.39, 0.29) is 11.0 Å². The molecule has 0 amide bonds. The van der Waals surface area contributed by atoms with Gasteiger partial charge >= 0.3 is 5.97 Å². The molecule has 0 saturated carbocycles. The minimum Gasteiger partial charge on any atom is -0.468 e. The molecule has 5 nitrogen and oxygen atoms in total. The number of ether oxygens (including phenoxy) is 1. The molecule has 28 heavy (non-hydrogen) atoms. The van der Waals surface area contributed by atoms with Gasteiger partial charge in [-0.25, -0.2) is 9.97 Å². The van der Waals surface area contributed by atoms with Crippen LogP contribution in [0.5, 0.6) is 0 Å². The molecule has 0 aliphatic rings. The zero-order valence-electron chi connectivity index (χ0n) is 18.3. The van der Waals surface area contributed by atoms with E-state index >= 15 is 0 Å². The highest BCUT2D eigenvalue weighted by atomic mass is 28.4. The number of aromatic nitrogens is 2. The Kier molecular flexibility index (Phi) is 6.46. The number of hydrogen-bond acceptors (Lipinski definition) is 5. The zero-order valence-corrected chi connectivity index (χ0v) is 19.3. The van der Waals surface area contributed by atoms with Gasteiger partial charge in [0.05, 0.1) is 24.6 Å². The van der Waals surface area contributed by atoms with Crippen molar-refractivity contribution in [1.29, 1.82) is 0 Å². The first kappa shape index (κ1) is 22.2. The summed E-state index contributed by atoms with van der Waals surface area (Å²) in [7, 11) is -0.448. The molecule has 6 heteroatoms. The van der Waals surface area contributed by atoms with Crippen LogP contribution in [0.1, 0.15) is 46.0 Å². The molecule has 2 rings (SSSR count). The summed E-state index contributed by atoms with van der Waals surface area (Å²) in [4.78, 5) is 21.0. The van der Waals surface area contributed by atoms with E-state index in [1.165, 1.54) is 7.11 Å². The molecule has 1 aromatic carbocycles. The fraction of sp³-hybridized carbons (Fsp3) is 0.500. The van der Waals surface area contributed by atoms with E-state index in [4.69, 9.17) is 9.16 Å². The van der Waals surface area contributed by atoms with Crippen molar-refractivity contribution < 1.29 is 14.0 Å². The van der Waals surface area contributed by atoms with Gasteiger partial charge in [-0.1, -0.05) is 45.1 Å². The van der Waals surface area contributed by atoms with Gasteiger partial charge in [-0.15, -0.1) is 0 Å². The van der Waals surface area contributed by atoms with Gasteiger partial charge in [0.1, 0.15) is 0 Å². The average Bonchev–Trinajstić information content (AvgIpc) is 2.62. The number of carbonyl (C=O) groups is 1. The van der Waals surface area contributed by atoms with E-state index in [9.17, 15) is 4.79 Å². The number of fused-ring (bicyclic) bond motifs is 1. The molecule has 152 valence electrons. The smallest absolute Gasteiger partial charge is 0.315 e. The molecular weight excluding hydrogens is 368 g/mol. The molecule has 2 aromatic rings. The third-order valence-electron chi connectivity index (χ3n) is 5.43. The second-order valence-corrected chi connectivity index (χ2v) is 14.0. The number of nitrogens with zero attached hydrogens (tertiary/aromatic N) is 2. The molecule has 0 bridgehead atoms. The highest BCUT2D eigenvalue weighted by Gasteiger charge is 2.37. The zero-order chi connectivity index (χ0) is 21.2. The maximum Gasteiger partial charge on any atom is 0.315 e. The normalized spacial score (nSPS) is 13.3. The van der Waals surface area contributed by atoms with Crippen molar-refractivity contribution in [1.82, 2.24) is 9.97 Å². The lowest BCUT2D eigenvalue weighted by atomic mass is 9.92. The first-order valence-corrected chi connectivity index (χ1v) is 12.4. The van der Waals surface area contributed by atoms with Gasteiger partial charge in [-0.3, -0.25) is 4.79 Å². The summed E-state index contributed by atoms with van der Waals surface area (Å²) in [6.45, 7) is 15.2. The number of rotatable bonds is 6. The SMILES string of the molecule is COC(=O)C(C)(C)C=Cc1ccc2cnc(CO[Si](C)(C)C(C)(C)C)nc2c1. The van der Waals surface area contributed by atoms with Crippen molar-refractivity contribution in [2.75, 3.05) is 7.11 Å². The van der Waals surface area contributed by atoms with Gasteiger partial charge in [0.2, 0.25) is 0 Å². The lowest BCUT2D eigenvalue weighted by Crippen LogP contribution is -2.40. The van der Waals surface area contributed by atoms with Gasteiger partial charge in [0, 0.05) is 11.6 Å². The topological polar surface area (TPSA) is 61.3 Å². The summed E-state index contributed by atoms with van der Waals surface area (Å²) in [6, 6.07) is 5.97. The Hall–Kier alpha value is -2.05. The van der Waals surface area contributed by atoms with Gasteiger partial charge in [-0.2, -0.15) is 0 Å². The first-order chi connectivity index (χ1) is 12.9. The summed E-state index contributed by atoms with van der Waals surface area (Å²) < 4.78 is 11.1. The molecule has 0 unspecified atom stereocenters. The second kappa shape index (κ2) is 8.13. The van der Waals surface area contributed by atoms with Crippen LogP contribution in [0.25, 0.3) is 17.0 Å². The van der Waals surface area contributed by atoms with E-state index in [1.54, 1.807) is 0 Å². The molecule has 0 spiro atoms. The van der Waals surface area contributed by atoms with Crippen LogP contribution < -0.4 is 0 Å². The van der Waals surface area contributed by atoms with Gasteiger partial charge < -0.3 is 9.16 Å². The molecule has 0 saturated heterocycles. The van der Waals surface area contributed by atoms with Crippen molar-refractivity contribution in [2.24, 2.45) is 5.41 Å². The molecule has 1 heterocycles. The number of methoxy groups -OCH3 is 1. The van der Waals surface area contributed by atoms with Crippen LogP contribution >= 0.6 is 0 Å². The second-order valence-electron chi connectivity index (χ2n) is 9.20. The number of esters is 1. The molecule has 0 N–H and O–H groups in total. The lowest BCUT2D eigenvalue weighted by molar-refractivity contribution is -0.148. The number of benzene rings is 1. The first-order valence-electron chi connectivity index (χ1n) is 9.53. The third-order valence-corrected chi connectivity index (χ3v) is 9.91. The van der Waals surface area contributed by atoms with Gasteiger partial charge in [0.15, 0.2) is 14.1 Å². The summed E-state index contributed by atoms with van der Waals surface area (Å²) >= 11 is 0. The molecule has 0 aliphatic carbocycles. The lowest BCUT2D eigenvalue weighted by Gasteiger charge is -2.35. The highest BCUT2D eigenvalue weighted by Crippen LogP contribution is 2.36. The van der Waals surface area contributed by atoms with Crippen LogP contribution in [0.3, 0.4) is 0 Å². The molecule has 0 radical (unpaired) electrons. The average molecular weight is 401 g/mol. The van der Waals surface area contributed by atoms with Crippen molar-refractivity contribution in [2.45, 2.75) is 59.4 Å². The Morgan fingerprint density at radius 2 is 1.86 bits per heavy atom. The minimum absolute atomic E-state index is 0.147.